The fourth-order valence-electron chi connectivity index (χ4n) is 4.13. The highest BCUT2D eigenvalue weighted by Crippen LogP contribution is 2.38. The number of rotatable bonds is 6. The van der Waals surface area contributed by atoms with E-state index in [1.165, 1.54) is 0 Å². The number of hydrogen-bond donors (Lipinski definition) is 0. The Morgan fingerprint density at radius 1 is 1.00 bits per heavy atom. The third-order valence-corrected chi connectivity index (χ3v) is 7.34. The number of likely N-dealkylation sites (tertiary alicyclic amines) is 1. The summed E-state index contributed by atoms with van der Waals surface area (Å²) in [5.74, 6) is -1.44. The molecule has 0 radical (unpaired) electrons. The van der Waals surface area contributed by atoms with E-state index in [4.69, 9.17) is 44.3 Å². The molecule has 0 atom stereocenters. The fraction of sp³-hybridized carbons (Fsp3) is 0.308. The average molecular weight is 550 g/mol. The van der Waals surface area contributed by atoms with Gasteiger partial charge in [0.05, 0.1) is 44.4 Å². The molecule has 2 heterocycles. The van der Waals surface area contributed by atoms with Crippen molar-refractivity contribution < 1.29 is 23.9 Å². The summed E-state index contributed by atoms with van der Waals surface area (Å²) in [6.45, 7) is 2.48. The van der Waals surface area contributed by atoms with Crippen molar-refractivity contribution in [2.75, 3.05) is 26.3 Å². The first-order valence-corrected chi connectivity index (χ1v) is 12.6. The Hall–Kier alpha value is -2.87. The Balaban J connectivity index is 1.50. The number of fused-ring (bicyclic) bond motifs is 1. The molecular weight excluding hydrogens is 527 g/mol. The molecule has 1 aliphatic heterocycles. The van der Waals surface area contributed by atoms with Crippen LogP contribution in [0.25, 0.3) is 22.2 Å². The summed E-state index contributed by atoms with van der Waals surface area (Å²) < 4.78 is 10.5. The van der Waals surface area contributed by atoms with E-state index in [2.05, 4.69) is 4.98 Å². The van der Waals surface area contributed by atoms with Crippen molar-refractivity contribution in [2.24, 2.45) is 5.92 Å². The number of nitrogens with zero attached hydrogens (tertiary/aromatic N) is 2. The number of amides is 1. The summed E-state index contributed by atoms with van der Waals surface area (Å²) in [6.07, 6.45) is 1.03. The molecule has 188 valence electrons. The van der Waals surface area contributed by atoms with Crippen LogP contribution in [0, 0.1) is 5.92 Å². The van der Waals surface area contributed by atoms with Crippen molar-refractivity contribution in [1.82, 2.24) is 9.88 Å². The van der Waals surface area contributed by atoms with Gasteiger partial charge in [0.15, 0.2) is 6.61 Å². The lowest BCUT2D eigenvalue weighted by molar-refractivity contribution is -0.151. The minimum absolute atomic E-state index is 0.187. The van der Waals surface area contributed by atoms with Crippen LogP contribution < -0.4 is 0 Å². The first-order valence-electron chi connectivity index (χ1n) is 11.4. The Morgan fingerprint density at radius 3 is 2.44 bits per heavy atom. The Labute approximate surface area is 223 Å². The number of para-hydroxylation sites is 1. The zero-order valence-electron chi connectivity index (χ0n) is 19.4. The third kappa shape index (κ3) is 5.59. The van der Waals surface area contributed by atoms with Crippen LogP contribution in [0.5, 0.6) is 0 Å². The van der Waals surface area contributed by atoms with E-state index >= 15 is 0 Å². The second-order valence-electron chi connectivity index (χ2n) is 8.28. The molecule has 7 nitrogen and oxygen atoms in total. The molecule has 0 aliphatic carbocycles. The third-order valence-electron chi connectivity index (χ3n) is 6.04. The topological polar surface area (TPSA) is 85.8 Å². The zero-order valence-corrected chi connectivity index (χ0v) is 21.7. The molecule has 0 unspecified atom stereocenters. The minimum atomic E-state index is -0.666. The molecule has 2 aromatic carbocycles. The quantitative estimate of drug-likeness (QED) is 0.284. The van der Waals surface area contributed by atoms with Gasteiger partial charge in [0.2, 0.25) is 0 Å². The van der Waals surface area contributed by atoms with Crippen LogP contribution in [0.1, 0.15) is 30.1 Å². The lowest BCUT2D eigenvalue weighted by Crippen LogP contribution is -2.42. The largest absolute Gasteiger partial charge is 0.466 e. The molecule has 10 heteroatoms. The maximum Gasteiger partial charge on any atom is 0.339 e. The van der Waals surface area contributed by atoms with Gasteiger partial charge in [-0.25, -0.2) is 9.78 Å². The predicted molar refractivity (Wildman–Crippen MR) is 138 cm³/mol. The number of ether oxygens (including phenoxy) is 2. The number of piperidine rings is 1. The number of halogens is 3. The summed E-state index contributed by atoms with van der Waals surface area (Å²) in [5.41, 5.74) is 1.71. The number of hydrogen-bond acceptors (Lipinski definition) is 6. The molecule has 4 rings (SSSR count). The van der Waals surface area contributed by atoms with E-state index in [0.29, 0.717) is 59.7 Å². The molecule has 1 aliphatic rings. The average Bonchev–Trinajstić information content (AvgIpc) is 2.90. The second-order valence-corrected chi connectivity index (χ2v) is 9.44. The highest BCUT2D eigenvalue weighted by molar-refractivity contribution is 6.49. The summed E-state index contributed by atoms with van der Waals surface area (Å²) >= 11 is 18.7. The van der Waals surface area contributed by atoms with Crippen LogP contribution in [0.15, 0.2) is 42.5 Å². The summed E-state index contributed by atoms with van der Waals surface area (Å²) in [5, 5.41) is 1.28. The van der Waals surface area contributed by atoms with Gasteiger partial charge >= 0.3 is 11.9 Å². The minimum Gasteiger partial charge on any atom is -0.466 e. The standard InChI is InChI=1S/C26H23Cl3N2O5/c1-2-35-25(33)15-9-11-31(12-10-15)22(32)14-36-26(34)18-13-21(30-20-6-4-3-5-16(18)20)17-7-8-19(27)24(29)23(17)28/h3-8,13,15H,2,9-12,14H2,1H3. The van der Waals surface area contributed by atoms with Crippen molar-refractivity contribution in [1.29, 1.82) is 0 Å². The maximum atomic E-state index is 13.1. The molecule has 0 spiro atoms. The normalized spacial score (nSPS) is 14.1. The van der Waals surface area contributed by atoms with Crippen LogP contribution in [0.4, 0.5) is 0 Å². The molecule has 0 N–H and O–H groups in total. The van der Waals surface area contributed by atoms with Gasteiger partial charge in [-0.15, -0.1) is 0 Å². The molecule has 0 bridgehead atoms. The van der Waals surface area contributed by atoms with Gasteiger partial charge in [0.1, 0.15) is 0 Å². The fourth-order valence-corrected chi connectivity index (χ4v) is 4.76. The van der Waals surface area contributed by atoms with Crippen molar-refractivity contribution in [2.45, 2.75) is 19.8 Å². The van der Waals surface area contributed by atoms with E-state index in [9.17, 15) is 14.4 Å². The smallest absolute Gasteiger partial charge is 0.339 e. The lowest BCUT2D eigenvalue weighted by Gasteiger charge is -2.30. The highest BCUT2D eigenvalue weighted by atomic mass is 35.5. The van der Waals surface area contributed by atoms with Crippen LogP contribution >= 0.6 is 34.8 Å². The van der Waals surface area contributed by atoms with E-state index in [1.54, 1.807) is 54.3 Å². The van der Waals surface area contributed by atoms with Crippen molar-refractivity contribution in [3.05, 3.63) is 63.1 Å². The van der Waals surface area contributed by atoms with Gasteiger partial charge in [-0.3, -0.25) is 9.59 Å². The molecule has 1 aromatic heterocycles. The van der Waals surface area contributed by atoms with Crippen LogP contribution in [-0.2, 0) is 19.1 Å². The number of carbonyl (C=O) groups is 3. The van der Waals surface area contributed by atoms with Crippen molar-refractivity contribution >= 4 is 63.6 Å². The Morgan fingerprint density at radius 2 is 1.72 bits per heavy atom. The van der Waals surface area contributed by atoms with Gasteiger partial charge in [-0.2, -0.15) is 0 Å². The van der Waals surface area contributed by atoms with Crippen molar-refractivity contribution in [3.8, 4) is 11.3 Å². The SMILES string of the molecule is CCOC(=O)C1CCN(C(=O)COC(=O)c2cc(-c3ccc(Cl)c(Cl)c3Cl)nc3ccccc23)CC1. The van der Waals surface area contributed by atoms with E-state index in [-0.39, 0.29) is 33.4 Å². The Kier molecular flexibility index (Phi) is 8.34. The maximum absolute atomic E-state index is 13.1. The number of aromatic nitrogens is 1. The monoisotopic (exact) mass is 548 g/mol. The van der Waals surface area contributed by atoms with Gasteiger partial charge < -0.3 is 14.4 Å². The van der Waals surface area contributed by atoms with E-state index in [1.807, 2.05) is 0 Å². The summed E-state index contributed by atoms with van der Waals surface area (Å²) in [4.78, 5) is 43.9. The van der Waals surface area contributed by atoms with Gasteiger partial charge in [0, 0.05) is 24.0 Å². The van der Waals surface area contributed by atoms with Gasteiger partial charge in [-0.1, -0.05) is 53.0 Å². The number of carbonyl (C=O) groups excluding carboxylic acids is 3. The lowest BCUT2D eigenvalue weighted by atomic mass is 9.97. The van der Waals surface area contributed by atoms with E-state index < -0.39 is 12.6 Å². The molecule has 1 saturated heterocycles. The number of pyridine rings is 1. The summed E-state index contributed by atoms with van der Waals surface area (Å²) in [7, 11) is 0. The van der Waals surface area contributed by atoms with Crippen LogP contribution in [0.2, 0.25) is 15.1 Å². The zero-order chi connectivity index (χ0) is 25.8. The first kappa shape index (κ1) is 26.2. The van der Waals surface area contributed by atoms with Crippen LogP contribution in [-0.4, -0.2) is 54.0 Å². The number of esters is 2. The molecular formula is C26H23Cl3N2O5. The van der Waals surface area contributed by atoms with Gasteiger partial charge in [0.25, 0.3) is 5.91 Å². The predicted octanol–water partition coefficient (Wildman–Crippen LogP) is 5.82. The van der Waals surface area contributed by atoms with Crippen molar-refractivity contribution in [3.63, 3.8) is 0 Å². The second kappa shape index (κ2) is 11.5. The molecule has 1 fully saturated rings. The van der Waals surface area contributed by atoms with Gasteiger partial charge in [-0.05, 0) is 44.0 Å². The molecule has 0 saturated carbocycles. The Bertz CT molecular complexity index is 1320. The summed E-state index contributed by atoms with van der Waals surface area (Å²) in [6, 6.07) is 11.9. The molecule has 3 aromatic rings. The number of benzene rings is 2. The van der Waals surface area contributed by atoms with E-state index in [0.717, 1.165) is 0 Å². The van der Waals surface area contributed by atoms with Crippen LogP contribution in [0.3, 0.4) is 0 Å². The molecule has 36 heavy (non-hydrogen) atoms. The first-order chi connectivity index (χ1) is 17.3. The molecule has 1 amide bonds. The highest BCUT2D eigenvalue weighted by Gasteiger charge is 2.29.